The molecular formula is C39H50N2O4S. The predicted octanol–water partition coefficient (Wildman–Crippen LogP) is 6.66. The molecule has 2 heterocycles. The molecule has 1 aromatic heterocycles. The fourth-order valence-electron chi connectivity index (χ4n) is 11.7. The average molecular weight is 643 g/mol. The van der Waals surface area contributed by atoms with E-state index in [0.29, 0.717) is 18.9 Å². The van der Waals surface area contributed by atoms with Gasteiger partial charge in [0.15, 0.2) is 5.78 Å². The lowest BCUT2D eigenvalue weighted by atomic mass is 9.32. The molecular weight excluding hydrogens is 593 g/mol. The van der Waals surface area contributed by atoms with Crippen LogP contribution >= 0.6 is 11.3 Å². The Morgan fingerprint density at radius 2 is 1.67 bits per heavy atom. The van der Waals surface area contributed by atoms with Crippen LogP contribution in [0.2, 0.25) is 0 Å². The van der Waals surface area contributed by atoms with E-state index >= 15 is 0 Å². The van der Waals surface area contributed by atoms with Crippen molar-refractivity contribution in [3.05, 3.63) is 70.0 Å². The number of ketones is 1. The Morgan fingerprint density at radius 1 is 0.957 bits per heavy atom. The van der Waals surface area contributed by atoms with Gasteiger partial charge in [-0.2, -0.15) is 0 Å². The second-order valence-electron chi connectivity index (χ2n) is 16.0. The number of rotatable bonds is 6. The molecule has 246 valence electrons. The van der Waals surface area contributed by atoms with E-state index in [2.05, 4.69) is 67.0 Å². The van der Waals surface area contributed by atoms with Gasteiger partial charge >= 0.3 is 0 Å². The number of Topliss-reactive ketones (excluding diaryl/α,β-unsaturated/α-hetero) is 1. The van der Waals surface area contributed by atoms with E-state index in [0.717, 1.165) is 91.5 Å². The Labute approximate surface area is 278 Å². The zero-order chi connectivity index (χ0) is 32.1. The van der Waals surface area contributed by atoms with Gasteiger partial charge < -0.3 is 19.8 Å². The van der Waals surface area contributed by atoms with Crippen LogP contribution in [-0.2, 0) is 0 Å². The monoisotopic (exact) mass is 642 g/mol. The van der Waals surface area contributed by atoms with Crippen molar-refractivity contribution in [1.82, 2.24) is 4.90 Å². The highest BCUT2D eigenvalue weighted by molar-refractivity contribution is 7.14. The number of benzene rings is 1. The lowest BCUT2D eigenvalue weighted by molar-refractivity contribution is -0.176. The van der Waals surface area contributed by atoms with Gasteiger partial charge in [-0.3, -0.25) is 9.69 Å². The largest absolute Gasteiger partial charge is 0.495 e. The molecule has 1 aliphatic heterocycles. The number of methoxy groups -OCH3 is 1. The first-order valence-corrected chi connectivity index (χ1v) is 18.4. The maximum atomic E-state index is 14.6. The van der Waals surface area contributed by atoms with Gasteiger partial charge in [0.2, 0.25) is 0 Å². The molecule has 9 rings (SSSR count). The van der Waals surface area contributed by atoms with Crippen molar-refractivity contribution in [2.75, 3.05) is 44.7 Å². The quantitative estimate of drug-likeness (QED) is 0.271. The number of allylic oxidation sites excluding steroid dienone is 4. The first-order valence-electron chi connectivity index (χ1n) is 17.5. The molecule has 4 fully saturated rings. The summed E-state index contributed by atoms with van der Waals surface area (Å²) >= 11 is 1.60. The van der Waals surface area contributed by atoms with Crippen LogP contribution in [0.3, 0.4) is 0 Å². The number of nitrogens with zero attached hydrogens (tertiary/aromatic N) is 2. The molecule has 1 aromatic carbocycles. The normalized spacial score (nSPS) is 41.5. The average Bonchev–Trinajstić information content (AvgIpc) is 3.61. The zero-order valence-electron chi connectivity index (χ0n) is 27.9. The van der Waals surface area contributed by atoms with Crippen LogP contribution in [0.1, 0.15) is 73.3 Å². The van der Waals surface area contributed by atoms with E-state index in [-0.39, 0.29) is 34.1 Å². The first-order chi connectivity index (χ1) is 22.0. The number of aliphatic hydroxyl groups is 2. The minimum atomic E-state index is -0.818. The zero-order valence-corrected chi connectivity index (χ0v) is 28.7. The fourth-order valence-corrected chi connectivity index (χ4v) is 12.5. The number of aryl methyl sites for hydroxylation is 1. The number of aliphatic hydroxyl groups excluding tert-OH is 1. The van der Waals surface area contributed by atoms with Crippen LogP contribution in [-0.4, -0.2) is 72.4 Å². The Kier molecular flexibility index (Phi) is 7.06. The van der Waals surface area contributed by atoms with E-state index in [1.54, 1.807) is 18.4 Å². The molecule has 7 heteroatoms. The van der Waals surface area contributed by atoms with Gasteiger partial charge in [0.25, 0.3) is 0 Å². The fraction of sp³-hybridized carbons (Fsp3) is 0.615. The van der Waals surface area contributed by atoms with Crippen LogP contribution in [0, 0.1) is 40.4 Å². The Bertz CT molecular complexity index is 1610. The maximum absolute atomic E-state index is 14.6. The molecule has 1 saturated heterocycles. The summed E-state index contributed by atoms with van der Waals surface area (Å²) in [4.78, 5) is 21.5. The third-order valence-corrected chi connectivity index (χ3v) is 15.2. The van der Waals surface area contributed by atoms with Crippen molar-refractivity contribution in [1.29, 1.82) is 0 Å². The lowest BCUT2D eigenvalue weighted by Gasteiger charge is -2.71. The number of para-hydroxylation sites is 2. The summed E-state index contributed by atoms with van der Waals surface area (Å²) in [5, 5.41) is 23.8. The van der Waals surface area contributed by atoms with Crippen molar-refractivity contribution in [3.8, 4) is 5.75 Å². The SMILES string of the molecule is COc1ccccc1N1CCN(C[C@]2(O)CC[C@H]3[C@]45C=C[C@@]6(C=C4C(=O)c4ccc(C)s4)CC(O)CC[C@]6(C)[C@H]5CC[C@@]32C)CC1. The molecule has 6 nitrogen and oxygen atoms in total. The topological polar surface area (TPSA) is 73.2 Å². The van der Waals surface area contributed by atoms with Crippen molar-refractivity contribution < 1.29 is 19.7 Å². The highest BCUT2D eigenvalue weighted by Crippen LogP contribution is 2.78. The summed E-state index contributed by atoms with van der Waals surface area (Å²) < 4.78 is 5.65. The van der Waals surface area contributed by atoms with Gasteiger partial charge in [0.1, 0.15) is 5.75 Å². The number of β-amino-alcohol motifs (C(OH)–C–C–N with tert-alkyl or cyclic N) is 1. The number of hydrogen-bond acceptors (Lipinski definition) is 7. The van der Waals surface area contributed by atoms with Gasteiger partial charge in [0, 0.05) is 59.4 Å². The highest BCUT2D eigenvalue weighted by Gasteiger charge is 2.74. The highest BCUT2D eigenvalue weighted by atomic mass is 32.1. The molecule has 7 aliphatic rings. The van der Waals surface area contributed by atoms with Crippen molar-refractivity contribution in [2.45, 2.75) is 77.4 Å². The molecule has 0 radical (unpaired) electrons. The molecule has 3 saturated carbocycles. The van der Waals surface area contributed by atoms with Gasteiger partial charge in [-0.05, 0) is 93.4 Å². The van der Waals surface area contributed by atoms with Crippen molar-refractivity contribution >= 4 is 22.8 Å². The molecule has 6 aliphatic carbocycles. The van der Waals surface area contributed by atoms with Crippen LogP contribution in [0.5, 0.6) is 5.75 Å². The summed E-state index contributed by atoms with van der Waals surface area (Å²) in [6, 6.07) is 12.3. The standard InChI is InChI=1S/C39H50N2O4S/c1-26-9-10-31(46-26)34(43)28-24-37-17-18-39(28)32(35(37,2)14-11-27(42)23-37)12-15-36(3)33(39)13-16-38(36,44)25-40-19-21-41(22-20-40)29-7-5-6-8-30(29)45-4/h5-10,17-18,24,27,32-33,42,44H,11-16,19-23,25H2,1-4H3/t27?,32-,33-,35-,36+,37+,38-,39-/m1/s1. The van der Waals surface area contributed by atoms with E-state index in [4.69, 9.17) is 4.74 Å². The van der Waals surface area contributed by atoms with Crippen LogP contribution < -0.4 is 9.64 Å². The lowest BCUT2D eigenvalue weighted by Crippen LogP contribution is -2.67. The summed E-state index contributed by atoms with van der Waals surface area (Å²) in [5.41, 5.74) is 0.277. The number of piperazine rings is 1. The Hall–Kier alpha value is -2.45. The van der Waals surface area contributed by atoms with Gasteiger partial charge in [-0.15, -0.1) is 11.3 Å². The smallest absolute Gasteiger partial charge is 0.199 e. The summed E-state index contributed by atoms with van der Waals surface area (Å²) in [5.74, 6) is 1.59. The second-order valence-corrected chi connectivity index (χ2v) is 17.3. The van der Waals surface area contributed by atoms with Crippen molar-refractivity contribution in [3.63, 3.8) is 0 Å². The van der Waals surface area contributed by atoms with E-state index in [9.17, 15) is 15.0 Å². The summed E-state index contributed by atoms with van der Waals surface area (Å²) in [7, 11) is 1.73. The van der Waals surface area contributed by atoms with E-state index in [1.807, 2.05) is 18.2 Å². The third kappa shape index (κ3) is 4.07. The molecule has 0 amide bonds. The second kappa shape index (κ2) is 10.5. The van der Waals surface area contributed by atoms with Gasteiger partial charge in [-0.25, -0.2) is 0 Å². The predicted molar refractivity (Wildman–Crippen MR) is 184 cm³/mol. The van der Waals surface area contributed by atoms with Crippen LogP contribution in [0.15, 0.2) is 60.2 Å². The number of carbonyl (C=O) groups is 1. The number of ether oxygens (including phenoxy) is 1. The molecule has 2 spiro atoms. The summed E-state index contributed by atoms with van der Waals surface area (Å²) in [6.07, 6.45) is 13.0. The molecule has 2 aromatic rings. The Morgan fingerprint density at radius 3 is 2.41 bits per heavy atom. The first kappa shape index (κ1) is 30.9. The number of hydrogen-bond donors (Lipinski definition) is 2. The Balaban J connectivity index is 1.12. The molecule has 2 bridgehead atoms. The number of anilines is 1. The minimum Gasteiger partial charge on any atom is -0.495 e. The number of carbonyl (C=O) groups excluding carboxylic acids is 1. The third-order valence-electron chi connectivity index (χ3n) is 14.2. The number of thiophene rings is 1. The van der Waals surface area contributed by atoms with Gasteiger partial charge in [0.05, 0.1) is 29.4 Å². The molecule has 1 unspecified atom stereocenters. The minimum absolute atomic E-state index is 0.00696. The van der Waals surface area contributed by atoms with E-state index < -0.39 is 11.0 Å². The number of fused-ring (bicyclic) bond motifs is 1. The van der Waals surface area contributed by atoms with E-state index in [1.165, 1.54) is 0 Å². The molecule has 2 N–H and O–H groups in total. The molecule has 8 atom stereocenters. The maximum Gasteiger partial charge on any atom is 0.199 e. The van der Waals surface area contributed by atoms with Gasteiger partial charge in [-0.1, -0.05) is 44.2 Å². The van der Waals surface area contributed by atoms with Crippen LogP contribution in [0.4, 0.5) is 5.69 Å². The van der Waals surface area contributed by atoms with Crippen molar-refractivity contribution in [2.24, 2.45) is 33.5 Å². The molecule has 46 heavy (non-hydrogen) atoms. The van der Waals surface area contributed by atoms with Crippen LogP contribution in [0.25, 0.3) is 0 Å². The summed E-state index contributed by atoms with van der Waals surface area (Å²) in [6.45, 7) is 11.2.